The van der Waals surface area contributed by atoms with E-state index in [0.29, 0.717) is 17.9 Å². The fourth-order valence-corrected chi connectivity index (χ4v) is 4.51. The summed E-state index contributed by atoms with van der Waals surface area (Å²) in [5.41, 5.74) is 6.08. The summed E-state index contributed by atoms with van der Waals surface area (Å²) in [5, 5.41) is 11.7. The first-order valence-electron chi connectivity index (χ1n) is 10.9. The molecule has 0 spiro atoms. The largest absolute Gasteiger partial charge is 0.506 e. The second-order valence-corrected chi connectivity index (χ2v) is 8.75. The van der Waals surface area contributed by atoms with Crippen molar-refractivity contribution in [2.45, 2.75) is 51.4 Å². The predicted molar refractivity (Wildman–Crippen MR) is 122 cm³/mol. The van der Waals surface area contributed by atoms with E-state index in [2.05, 4.69) is 18.8 Å². The van der Waals surface area contributed by atoms with E-state index in [0.717, 1.165) is 17.4 Å². The Balaban J connectivity index is 1.94. The predicted octanol–water partition coefficient (Wildman–Crippen LogP) is 4.67. The monoisotopic (exact) mass is 430 g/mol. The quantitative estimate of drug-likeness (QED) is 0.552. The topological polar surface area (TPSA) is 110 Å². The van der Waals surface area contributed by atoms with Gasteiger partial charge in [0, 0.05) is 22.1 Å². The van der Waals surface area contributed by atoms with E-state index in [9.17, 15) is 19.5 Å². The molecule has 0 bridgehead atoms. The minimum Gasteiger partial charge on any atom is -0.506 e. The van der Waals surface area contributed by atoms with Crippen molar-refractivity contribution in [3.8, 4) is 5.75 Å². The van der Waals surface area contributed by atoms with Gasteiger partial charge in [0.05, 0.1) is 5.52 Å². The highest BCUT2D eigenvalue weighted by atomic mass is 16.3. The molecule has 1 aliphatic rings. The van der Waals surface area contributed by atoms with Crippen molar-refractivity contribution in [3.63, 3.8) is 0 Å². The summed E-state index contributed by atoms with van der Waals surface area (Å²) >= 11 is 0. The van der Waals surface area contributed by atoms with Crippen molar-refractivity contribution in [1.82, 2.24) is 4.98 Å². The van der Waals surface area contributed by atoms with Crippen LogP contribution in [0.25, 0.3) is 10.9 Å². The number of unbranched alkanes of at least 4 members (excludes halogenated alkanes) is 1. The molecule has 0 saturated carbocycles. The van der Waals surface area contributed by atoms with Crippen LogP contribution >= 0.6 is 0 Å². The summed E-state index contributed by atoms with van der Waals surface area (Å²) < 4.78 is 0. The summed E-state index contributed by atoms with van der Waals surface area (Å²) in [5.74, 6) is -1.40. The van der Waals surface area contributed by atoms with Crippen molar-refractivity contribution < 1.29 is 19.5 Å². The van der Waals surface area contributed by atoms with Gasteiger partial charge in [-0.1, -0.05) is 39.7 Å². The van der Waals surface area contributed by atoms with Crippen molar-refractivity contribution in [2.24, 2.45) is 5.73 Å². The van der Waals surface area contributed by atoms with E-state index in [1.54, 1.807) is 6.07 Å². The lowest BCUT2D eigenvalue weighted by molar-refractivity contribution is 0.0773. The standard InChI is InChI=1S/C26H26N2O4/c1-4-5-10-26(23(30)18-8-6-16(25(27)32)12-19(18)24(26)31)22-21(29)13-17-11-15(14(2)3)7-9-20(17)28-22/h6-9,11-14,29H,4-5,10H2,1-3H3,(H2,27,32). The number of hydrogen-bond acceptors (Lipinski definition) is 5. The Labute approximate surface area is 186 Å². The van der Waals surface area contributed by atoms with Gasteiger partial charge in [-0.2, -0.15) is 0 Å². The van der Waals surface area contributed by atoms with Crippen molar-refractivity contribution >= 4 is 28.4 Å². The van der Waals surface area contributed by atoms with Gasteiger partial charge in [-0.25, -0.2) is 4.98 Å². The molecule has 1 aliphatic carbocycles. The van der Waals surface area contributed by atoms with E-state index < -0.39 is 22.9 Å². The number of aromatic nitrogens is 1. The Morgan fingerprint density at radius 1 is 1.06 bits per heavy atom. The number of pyridine rings is 1. The molecule has 32 heavy (non-hydrogen) atoms. The number of aromatic hydroxyl groups is 1. The average Bonchev–Trinajstić information content (AvgIpc) is 2.98. The number of ketones is 2. The van der Waals surface area contributed by atoms with Crippen LogP contribution in [0.4, 0.5) is 0 Å². The Kier molecular flexibility index (Phi) is 5.33. The molecule has 4 rings (SSSR count). The molecule has 6 heteroatoms. The second kappa shape index (κ2) is 7.86. The maximum absolute atomic E-state index is 13.7. The third-order valence-corrected chi connectivity index (χ3v) is 6.36. The minimum absolute atomic E-state index is 0.0718. The zero-order valence-electron chi connectivity index (χ0n) is 18.4. The third-order valence-electron chi connectivity index (χ3n) is 6.36. The van der Waals surface area contributed by atoms with E-state index in [4.69, 9.17) is 5.73 Å². The maximum atomic E-state index is 13.7. The minimum atomic E-state index is -1.62. The molecule has 1 heterocycles. The molecule has 1 unspecified atom stereocenters. The fourth-order valence-electron chi connectivity index (χ4n) is 4.51. The van der Waals surface area contributed by atoms with Crippen LogP contribution in [-0.2, 0) is 5.41 Å². The van der Waals surface area contributed by atoms with Crippen molar-refractivity contribution in [2.75, 3.05) is 0 Å². The summed E-state index contributed by atoms with van der Waals surface area (Å²) in [6.07, 6.45) is 1.58. The number of rotatable bonds is 6. The number of nitrogens with zero attached hydrogens (tertiary/aromatic N) is 1. The van der Waals surface area contributed by atoms with Gasteiger partial charge >= 0.3 is 0 Å². The zero-order valence-corrected chi connectivity index (χ0v) is 18.4. The van der Waals surface area contributed by atoms with E-state index in [1.807, 2.05) is 25.1 Å². The van der Waals surface area contributed by atoms with Crippen LogP contribution in [-0.4, -0.2) is 27.6 Å². The smallest absolute Gasteiger partial charge is 0.248 e. The van der Waals surface area contributed by atoms with Crippen molar-refractivity contribution in [3.05, 3.63) is 70.4 Å². The lowest BCUT2D eigenvalue weighted by atomic mass is 9.74. The number of hydrogen-bond donors (Lipinski definition) is 2. The van der Waals surface area contributed by atoms with E-state index in [-0.39, 0.29) is 34.6 Å². The lowest BCUT2D eigenvalue weighted by Gasteiger charge is -2.26. The highest BCUT2D eigenvalue weighted by Crippen LogP contribution is 2.46. The zero-order chi connectivity index (χ0) is 23.2. The van der Waals surface area contributed by atoms with Gasteiger partial charge in [-0.3, -0.25) is 14.4 Å². The first-order chi connectivity index (χ1) is 15.2. The molecule has 0 radical (unpaired) electrons. The third kappa shape index (κ3) is 3.18. The van der Waals surface area contributed by atoms with E-state index in [1.165, 1.54) is 18.2 Å². The first kappa shape index (κ1) is 21.7. The summed E-state index contributed by atoms with van der Waals surface area (Å²) in [4.78, 5) is 43.7. The molecule has 1 amide bonds. The Morgan fingerprint density at radius 2 is 1.78 bits per heavy atom. The number of amides is 1. The molecule has 3 N–H and O–H groups in total. The van der Waals surface area contributed by atoms with Gasteiger partial charge in [-0.15, -0.1) is 0 Å². The highest BCUT2D eigenvalue weighted by molar-refractivity contribution is 6.33. The Hall–Kier alpha value is -3.54. The lowest BCUT2D eigenvalue weighted by Crippen LogP contribution is -2.39. The van der Waals surface area contributed by atoms with Gasteiger partial charge in [-0.05, 0) is 54.3 Å². The molecule has 1 aromatic heterocycles. The van der Waals surface area contributed by atoms with Crippen molar-refractivity contribution in [1.29, 1.82) is 0 Å². The maximum Gasteiger partial charge on any atom is 0.248 e. The molecule has 164 valence electrons. The number of benzene rings is 2. The Bertz CT molecular complexity index is 1280. The number of fused-ring (bicyclic) bond motifs is 2. The van der Waals surface area contributed by atoms with E-state index >= 15 is 0 Å². The van der Waals surface area contributed by atoms with Gasteiger partial charge in [0.1, 0.15) is 16.9 Å². The van der Waals surface area contributed by atoms with Crippen LogP contribution < -0.4 is 5.73 Å². The van der Waals surface area contributed by atoms with Crippen LogP contribution in [0.1, 0.15) is 88.3 Å². The molecule has 2 aromatic carbocycles. The average molecular weight is 431 g/mol. The van der Waals surface area contributed by atoms with Crippen LogP contribution in [0.5, 0.6) is 5.75 Å². The molecule has 1 atom stereocenters. The molecular weight excluding hydrogens is 404 g/mol. The number of Topliss-reactive ketones (excluding diaryl/α,β-unsaturated/α-hetero) is 2. The summed E-state index contributed by atoms with van der Waals surface area (Å²) in [7, 11) is 0. The number of primary amides is 1. The van der Waals surface area contributed by atoms with Gasteiger partial charge in [0.2, 0.25) is 5.91 Å². The normalized spacial score (nSPS) is 17.9. The van der Waals surface area contributed by atoms with Gasteiger partial charge < -0.3 is 10.8 Å². The van der Waals surface area contributed by atoms with Crippen LogP contribution in [0, 0.1) is 0 Å². The first-order valence-corrected chi connectivity index (χ1v) is 10.9. The number of carbonyl (C=O) groups is 3. The van der Waals surface area contributed by atoms with Gasteiger partial charge in [0.15, 0.2) is 11.6 Å². The van der Waals surface area contributed by atoms with Crippen LogP contribution in [0.15, 0.2) is 42.5 Å². The molecular formula is C26H26N2O4. The van der Waals surface area contributed by atoms with Crippen LogP contribution in [0.2, 0.25) is 0 Å². The Morgan fingerprint density at radius 3 is 2.44 bits per heavy atom. The molecule has 0 aliphatic heterocycles. The summed E-state index contributed by atoms with van der Waals surface area (Å²) in [6.45, 7) is 6.13. The highest BCUT2D eigenvalue weighted by Gasteiger charge is 2.56. The number of nitrogens with two attached hydrogens (primary N) is 1. The fraction of sp³-hybridized carbons (Fsp3) is 0.308. The van der Waals surface area contributed by atoms with Gasteiger partial charge in [0.25, 0.3) is 0 Å². The molecule has 0 saturated heterocycles. The molecule has 6 nitrogen and oxygen atoms in total. The second-order valence-electron chi connectivity index (χ2n) is 8.75. The molecule has 3 aromatic rings. The molecule has 0 fully saturated rings. The summed E-state index contributed by atoms with van der Waals surface area (Å²) in [6, 6.07) is 11.6. The number of carbonyl (C=O) groups excluding carboxylic acids is 3. The van der Waals surface area contributed by atoms with Crippen LogP contribution in [0.3, 0.4) is 0 Å². The SMILES string of the molecule is CCCCC1(c2nc3ccc(C(C)C)cc3cc2O)C(=O)c2ccc(C(N)=O)cc2C1=O.